The fourth-order valence-corrected chi connectivity index (χ4v) is 1.22. The zero-order chi connectivity index (χ0) is 15.1. The van der Waals surface area contributed by atoms with Crippen LogP contribution in [-0.4, -0.2) is 17.0 Å². The van der Waals surface area contributed by atoms with E-state index in [9.17, 15) is 0 Å². The van der Waals surface area contributed by atoms with Crippen molar-refractivity contribution in [3.8, 4) is 0 Å². The SMILES string of the molecule is CC(=O)O.CCCCCc1ccccc1.N=C(N)N. The van der Waals surface area contributed by atoms with Gasteiger partial charge in [-0.2, -0.15) is 0 Å². The highest BCUT2D eigenvalue weighted by Gasteiger charge is 1.89. The van der Waals surface area contributed by atoms with E-state index in [1.165, 1.54) is 31.2 Å². The third-order valence-corrected chi connectivity index (χ3v) is 1.91. The van der Waals surface area contributed by atoms with E-state index >= 15 is 0 Å². The summed E-state index contributed by atoms with van der Waals surface area (Å²) in [6.07, 6.45) is 5.25. The fraction of sp³-hybridized carbons (Fsp3) is 0.429. The van der Waals surface area contributed by atoms with Crippen LogP contribution in [0.1, 0.15) is 38.7 Å². The summed E-state index contributed by atoms with van der Waals surface area (Å²) in [5.74, 6) is -1.17. The molecule has 0 aliphatic rings. The van der Waals surface area contributed by atoms with E-state index < -0.39 is 5.97 Å². The van der Waals surface area contributed by atoms with Crippen molar-refractivity contribution >= 4 is 11.9 Å². The number of carboxylic acid groups (broad SMARTS) is 1. The molecule has 1 aromatic carbocycles. The molecule has 0 spiro atoms. The number of nitrogens with two attached hydrogens (primary N) is 2. The number of hydrogen-bond donors (Lipinski definition) is 4. The number of aliphatic carboxylic acids is 1. The van der Waals surface area contributed by atoms with E-state index in [4.69, 9.17) is 15.3 Å². The zero-order valence-electron chi connectivity index (χ0n) is 11.7. The minimum Gasteiger partial charge on any atom is -0.481 e. The lowest BCUT2D eigenvalue weighted by Gasteiger charge is -1.98. The molecule has 0 fully saturated rings. The average molecular weight is 267 g/mol. The van der Waals surface area contributed by atoms with Gasteiger partial charge >= 0.3 is 0 Å². The molecule has 0 saturated heterocycles. The lowest BCUT2D eigenvalue weighted by molar-refractivity contribution is -0.134. The lowest BCUT2D eigenvalue weighted by atomic mass is 10.1. The van der Waals surface area contributed by atoms with Gasteiger partial charge in [0.1, 0.15) is 0 Å². The van der Waals surface area contributed by atoms with Crippen LogP contribution in [-0.2, 0) is 11.2 Å². The van der Waals surface area contributed by atoms with E-state index in [-0.39, 0.29) is 5.96 Å². The van der Waals surface area contributed by atoms with Gasteiger partial charge in [0, 0.05) is 6.92 Å². The van der Waals surface area contributed by atoms with Gasteiger partial charge in [0.2, 0.25) is 0 Å². The van der Waals surface area contributed by atoms with Crippen LogP contribution in [0.5, 0.6) is 0 Å². The molecule has 108 valence electrons. The summed E-state index contributed by atoms with van der Waals surface area (Å²) in [5, 5.41) is 13.5. The van der Waals surface area contributed by atoms with Gasteiger partial charge in [-0.25, -0.2) is 0 Å². The first-order valence-corrected chi connectivity index (χ1v) is 6.23. The molecule has 0 bridgehead atoms. The van der Waals surface area contributed by atoms with Crippen molar-refractivity contribution in [1.82, 2.24) is 0 Å². The molecule has 0 amide bonds. The highest BCUT2D eigenvalue weighted by Crippen LogP contribution is 2.05. The van der Waals surface area contributed by atoms with Gasteiger partial charge < -0.3 is 16.6 Å². The van der Waals surface area contributed by atoms with Crippen molar-refractivity contribution in [2.45, 2.75) is 39.5 Å². The number of aryl methyl sites for hydroxylation is 1. The molecule has 19 heavy (non-hydrogen) atoms. The fourth-order valence-electron chi connectivity index (χ4n) is 1.22. The van der Waals surface area contributed by atoms with E-state index in [1.54, 1.807) is 0 Å². The van der Waals surface area contributed by atoms with Crippen LogP contribution < -0.4 is 11.5 Å². The maximum absolute atomic E-state index is 9.00. The van der Waals surface area contributed by atoms with E-state index in [0.29, 0.717) is 0 Å². The summed E-state index contributed by atoms with van der Waals surface area (Å²) in [7, 11) is 0. The molecule has 0 atom stereocenters. The van der Waals surface area contributed by atoms with E-state index in [2.05, 4.69) is 48.7 Å². The van der Waals surface area contributed by atoms with E-state index in [1.807, 2.05) is 0 Å². The van der Waals surface area contributed by atoms with Gasteiger partial charge in [-0.3, -0.25) is 10.2 Å². The normalized spacial score (nSPS) is 8.32. The Balaban J connectivity index is 0. The summed E-state index contributed by atoms with van der Waals surface area (Å²) < 4.78 is 0. The molecule has 0 unspecified atom stereocenters. The van der Waals surface area contributed by atoms with Crippen molar-refractivity contribution in [1.29, 1.82) is 5.41 Å². The van der Waals surface area contributed by atoms with Crippen LogP contribution in [0.2, 0.25) is 0 Å². The van der Waals surface area contributed by atoms with Crippen LogP contribution in [0, 0.1) is 5.41 Å². The van der Waals surface area contributed by atoms with Gasteiger partial charge in [-0.05, 0) is 18.4 Å². The Bertz CT molecular complexity index is 320. The Morgan fingerprint density at radius 3 is 2.00 bits per heavy atom. The van der Waals surface area contributed by atoms with Crippen LogP contribution in [0.15, 0.2) is 30.3 Å². The van der Waals surface area contributed by atoms with Crippen LogP contribution >= 0.6 is 0 Å². The quantitative estimate of drug-likeness (QED) is 0.381. The predicted octanol–water partition coefficient (Wildman–Crippen LogP) is 2.35. The molecule has 6 N–H and O–H groups in total. The Hall–Kier alpha value is -2.04. The maximum Gasteiger partial charge on any atom is 0.300 e. The van der Waals surface area contributed by atoms with Crippen molar-refractivity contribution in [3.63, 3.8) is 0 Å². The molecule has 0 aromatic heterocycles. The molecule has 1 aromatic rings. The number of guanidine groups is 1. The molecular weight excluding hydrogens is 242 g/mol. The van der Waals surface area contributed by atoms with Crippen molar-refractivity contribution in [2.24, 2.45) is 11.5 Å². The molecule has 0 aliphatic heterocycles. The second-order valence-electron chi connectivity index (χ2n) is 3.92. The minimum atomic E-state index is -0.833. The molecule has 0 saturated carbocycles. The summed E-state index contributed by atoms with van der Waals surface area (Å²) in [6, 6.07) is 10.7. The summed E-state index contributed by atoms with van der Waals surface area (Å²) >= 11 is 0. The largest absolute Gasteiger partial charge is 0.481 e. The highest BCUT2D eigenvalue weighted by molar-refractivity contribution is 5.71. The van der Waals surface area contributed by atoms with Gasteiger partial charge in [-0.15, -0.1) is 0 Å². The second kappa shape index (κ2) is 14.0. The Morgan fingerprint density at radius 1 is 1.21 bits per heavy atom. The highest BCUT2D eigenvalue weighted by atomic mass is 16.4. The maximum atomic E-state index is 9.00. The number of rotatable bonds is 4. The molecule has 5 nitrogen and oxygen atoms in total. The third kappa shape index (κ3) is 25.9. The summed E-state index contributed by atoms with van der Waals surface area (Å²) in [5.41, 5.74) is 10.4. The number of hydrogen-bond acceptors (Lipinski definition) is 2. The third-order valence-electron chi connectivity index (χ3n) is 1.91. The molecule has 0 radical (unpaired) electrons. The van der Waals surface area contributed by atoms with Gasteiger partial charge in [0.15, 0.2) is 5.96 Å². The Morgan fingerprint density at radius 2 is 1.63 bits per heavy atom. The first-order chi connectivity index (χ1) is 8.90. The number of carboxylic acids is 1. The standard InChI is InChI=1S/C11H16.C2H4O2.CH5N3/c1-2-3-5-8-11-9-6-4-7-10-11;1-2(3)4;2-1(3)4/h4,6-7,9-10H,2-3,5,8H2,1H3;1H3,(H,3,4);(H5,2,3,4). The van der Waals surface area contributed by atoms with Gasteiger partial charge in [0.25, 0.3) is 5.97 Å². The molecule has 0 aliphatic carbocycles. The Labute approximate surface area is 115 Å². The van der Waals surface area contributed by atoms with Gasteiger partial charge in [0.05, 0.1) is 0 Å². The van der Waals surface area contributed by atoms with Crippen LogP contribution in [0.25, 0.3) is 0 Å². The summed E-state index contributed by atoms with van der Waals surface area (Å²) in [6.45, 7) is 3.32. The van der Waals surface area contributed by atoms with Crippen molar-refractivity contribution in [2.75, 3.05) is 0 Å². The second-order valence-corrected chi connectivity index (χ2v) is 3.92. The topological polar surface area (TPSA) is 113 Å². The Kier molecular flexibility index (Phi) is 14.2. The van der Waals surface area contributed by atoms with Crippen molar-refractivity contribution in [3.05, 3.63) is 35.9 Å². The summed E-state index contributed by atoms with van der Waals surface area (Å²) in [4.78, 5) is 9.00. The predicted molar refractivity (Wildman–Crippen MR) is 79.1 cm³/mol. The van der Waals surface area contributed by atoms with Gasteiger partial charge in [-0.1, -0.05) is 50.1 Å². The first-order valence-electron chi connectivity index (χ1n) is 6.23. The molecule has 1 rings (SSSR count). The van der Waals surface area contributed by atoms with Crippen molar-refractivity contribution < 1.29 is 9.90 Å². The molecule has 0 heterocycles. The average Bonchev–Trinajstić information content (AvgIpc) is 2.29. The zero-order valence-corrected chi connectivity index (χ0v) is 11.7. The minimum absolute atomic E-state index is 0.333. The monoisotopic (exact) mass is 267 g/mol. The molecular formula is C14H25N3O2. The number of unbranched alkanes of at least 4 members (excludes halogenated alkanes) is 2. The van der Waals surface area contributed by atoms with E-state index in [0.717, 1.165) is 6.92 Å². The number of nitrogens with one attached hydrogen (secondary N) is 1. The first kappa shape index (κ1) is 19.3. The van der Waals surface area contributed by atoms with Crippen LogP contribution in [0.3, 0.4) is 0 Å². The van der Waals surface area contributed by atoms with Crippen LogP contribution in [0.4, 0.5) is 0 Å². The lowest BCUT2D eigenvalue weighted by Crippen LogP contribution is -2.20. The number of carbonyl (C=O) groups is 1. The molecule has 5 heteroatoms. The smallest absolute Gasteiger partial charge is 0.300 e. The number of benzene rings is 1.